The molecule has 2 fully saturated rings. The standard InChI is InChI=1S/C30H48O3Si/c1-7-8-9-10-14-17-24(33-34(5,6)30(2,3)4)18-19-25-26-21-29(27(25)20-28(26)31)32-22-23-15-12-11-13-16-23/h11-13,15-16,18-19,24-27,29H,7-10,14,17,20-22H2,1-6H3. The number of rotatable bonds is 13. The third-order valence-corrected chi connectivity index (χ3v) is 13.0. The highest BCUT2D eigenvalue weighted by atomic mass is 28.4. The van der Waals surface area contributed by atoms with Crippen molar-refractivity contribution in [1.29, 1.82) is 0 Å². The van der Waals surface area contributed by atoms with E-state index in [0.717, 1.165) is 12.8 Å². The van der Waals surface area contributed by atoms with Gasteiger partial charge in [-0.1, -0.05) is 102 Å². The van der Waals surface area contributed by atoms with Crippen molar-refractivity contribution in [3.8, 4) is 0 Å². The molecule has 5 atom stereocenters. The molecule has 0 heterocycles. The molecular weight excluding hydrogens is 436 g/mol. The summed E-state index contributed by atoms with van der Waals surface area (Å²) in [5.41, 5.74) is 1.20. The first-order valence-corrected chi connectivity index (χ1v) is 16.6. The van der Waals surface area contributed by atoms with E-state index in [1.807, 2.05) is 6.07 Å². The maximum Gasteiger partial charge on any atom is 0.192 e. The van der Waals surface area contributed by atoms with Crippen LogP contribution in [0.5, 0.6) is 0 Å². The lowest BCUT2D eigenvalue weighted by atomic mass is 9.95. The Kier molecular flexibility index (Phi) is 9.77. The van der Waals surface area contributed by atoms with Gasteiger partial charge in [0.1, 0.15) is 5.78 Å². The largest absolute Gasteiger partial charge is 0.411 e. The van der Waals surface area contributed by atoms with Crippen LogP contribution in [0, 0.1) is 17.8 Å². The molecule has 2 aliphatic carbocycles. The van der Waals surface area contributed by atoms with Crippen molar-refractivity contribution in [2.75, 3.05) is 0 Å². The number of unbranched alkanes of at least 4 members (excludes halogenated alkanes) is 4. The Morgan fingerprint density at radius 3 is 2.47 bits per heavy atom. The van der Waals surface area contributed by atoms with Crippen molar-refractivity contribution in [2.24, 2.45) is 17.8 Å². The number of Topliss-reactive ketones (excluding diaryl/α,β-unsaturated/α-hetero) is 1. The summed E-state index contributed by atoms with van der Waals surface area (Å²) in [4.78, 5) is 12.6. The number of ether oxygens (including phenoxy) is 1. The fraction of sp³-hybridized carbons (Fsp3) is 0.700. The third-order valence-electron chi connectivity index (χ3n) is 8.47. The molecule has 1 aromatic rings. The molecule has 4 heteroatoms. The van der Waals surface area contributed by atoms with Crippen LogP contribution in [0.3, 0.4) is 0 Å². The molecule has 0 radical (unpaired) electrons. The Labute approximate surface area is 209 Å². The number of carbonyl (C=O) groups excluding carboxylic acids is 1. The average molecular weight is 485 g/mol. The highest BCUT2D eigenvalue weighted by Gasteiger charge is 2.52. The van der Waals surface area contributed by atoms with Gasteiger partial charge in [0.25, 0.3) is 0 Å². The third kappa shape index (κ3) is 7.15. The SMILES string of the molecule is CCCCCCCC(C=CC1C2CC(OCc3ccccc3)C1CC2=O)O[Si](C)(C)C(C)(C)C. The molecule has 3 rings (SSSR count). The lowest BCUT2D eigenvalue weighted by Gasteiger charge is -2.38. The van der Waals surface area contributed by atoms with Gasteiger partial charge < -0.3 is 9.16 Å². The van der Waals surface area contributed by atoms with Crippen LogP contribution in [-0.2, 0) is 20.6 Å². The summed E-state index contributed by atoms with van der Waals surface area (Å²) < 4.78 is 13.2. The summed E-state index contributed by atoms with van der Waals surface area (Å²) in [7, 11) is -1.86. The van der Waals surface area contributed by atoms with Gasteiger partial charge in [-0.25, -0.2) is 0 Å². The molecular formula is C30H48O3Si. The highest BCUT2D eigenvalue weighted by molar-refractivity contribution is 6.74. The van der Waals surface area contributed by atoms with Gasteiger partial charge in [0, 0.05) is 12.3 Å². The second-order valence-corrected chi connectivity index (χ2v) is 16.8. The molecule has 0 spiro atoms. The van der Waals surface area contributed by atoms with Gasteiger partial charge >= 0.3 is 0 Å². The van der Waals surface area contributed by atoms with Gasteiger partial charge in [-0.15, -0.1) is 0 Å². The Morgan fingerprint density at radius 1 is 1.09 bits per heavy atom. The number of fused-ring (bicyclic) bond motifs is 2. The molecule has 0 aliphatic heterocycles. The quantitative estimate of drug-likeness (QED) is 0.161. The Hall–Kier alpha value is -1.23. The van der Waals surface area contributed by atoms with Crippen LogP contribution in [-0.4, -0.2) is 26.3 Å². The first-order valence-electron chi connectivity index (χ1n) is 13.7. The zero-order valence-corrected chi connectivity index (χ0v) is 23.5. The van der Waals surface area contributed by atoms with E-state index in [9.17, 15) is 4.79 Å². The van der Waals surface area contributed by atoms with Gasteiger partial charge in [-0.05, 0) is 48.4 Å². The number of ketones is 1. The van der Waals surface area contributed by atoms with Crippen LogP contribution in [0.1, 0.15) is 84.6 Å². The summed E-state index contributed by atoms with van der Waals surface area (Å²) in [6.07, 6.45) is 14.0. The summed E-state index contributed by atoms with van der Waals surface area (Å²) in [6.45, 7) is 14.5. The van der Waals surface area contributed by atoms with E-state index in [1.54, 1.807) is 0 Å². The zero-order chi connectivity index (χ0) is 24.8. The van der Waals surface area contributed by atoms with Gasteiger partial charge in [-0.3, -0.25) is 4.79 Å². The van der Waals surface area contributed by atoms with Crippen molar-refractivity contribution in [3.05, 3.63) is 48.0 Å². The smallest absolute Gasteiger partial charge is 0.192 e. The molecule has 2 bridgehead atoms. The van der Waals surface area contributed by atoms with Gasteiger partial charge in [0.15, 0.2) is 8.32 Å². The predicted molar refractivity (Wildman–Crippen MR) is 144 cm³/mol. The predicted octanol–water partition coefficient (Wildman–Crippen LogP) is 8.10. The summed E-state index contributed by atoms with van der Waals surface area (Å²) in [5.74, 6) is 1.18. The van der Waals surface area contributed by atoms with Crippen LogP contribution < -0.4 is 0 Å². The van der Waals surface area contributed by atoms with Gasteiger partial charge in [0.2, 0.25) is 0 Å². The van der Waals surface area contributed by atoms with Crippen molar-refractivity contribution in [2.45, 2.75) is 116 Å². The second-order valence-electron chi connectivity index (χ2n) is 12.1. The van der Waals surface area contributed by atoms with E-state index in [4.69, 9.17) is 9.16 Å². The number of carbonyl (C=O) groups is 1. The van der Waals surface area contributed by atoms with Crippen LogP contribution >= 0.6 is 0 Å². The molecule has 3 nitrogen and oxygen atoms in total. The molecule has 2 aliphatic rings. The van der Waals surface area contributed by atoms with Crippen molar-refractivity contribution < 1.29 is 14.0 Å². The maximum absolute atomic E-state index is 12.6. The fourth-order valence-corrected chi connectivity index (χ4v) is 6.63. The van der Waals surface area contributed by atoms with E-state index in [2.05, 4.69) is 77.2 Å². The number of hydrogen-bond donors (Lipinski definition) is 0. The minimum atomic E-state index is -1.86. The molecule has 5 unspecified atom stereocenters. The summed E-state index contributed by atoms with van der Waals surface area (Å²) in [5, 5.41) is 0.194. The lowest BCUT2D eigenvalue weighted by molar-refractivity contribution is -0.124. The van der Waals surface area contributed by atoms with Crippen molar-refractivity contribution in [1.82, 2.24) is 0 Å². The summed E-state index contributed by atoms with van der Waals surface area (Å²) >= 11 is 0. The van der Waals surface area contributed by atoms with E-state index < -0.39 is 8.32 Å². The topological polar surface area (TPSA) is 35.5 Å². The van der Waals surface area contributed by atoms with Crippen LogP contribution in [0.25, 0.3) is 0 Å². The monoisotopic (exact) mass is 484 g/mol. The van der Waals surface area contributed by atoms with Crippen LogP contribution in [0.2, 0.25) is 18.1 Å². The lowest BCUT2D eigenvalue weighted by Crippen LogP contribution is -2.43. The minimum Gasteiger partial charge on any atom is -0.411 e. The molecule has 0 N–H and O–H groups in total. The van der Waals surface area contributed by atoms with E-state index >= 15 is 0 Å². The first-order chi connectivity index (χ1) is 16.1. The Morgan fingerprint density at radius 2 is 1.79 bits per heavy atom. The molecule has 1 aromatic carbocycles. The van der Waals surface area contributed by atoms with Crippen LogP contribution in [0.4, 0.5) is 0 Å². The molecule has 190 valence electrons. The summed E-state index contributed by atoms with van der Waals surface area (Å²) in [6, 6.07) is 10.4. The Bertz CT molecular complexity index is 795. The molecule has 0 saturated heterocycles. The zero-order valence-electron chi connectivity index (χ0n) is 22.5. The molecule has 0 amide bonds. The fourth-order valence-electron chi connectivity index (χ4n) is 5.32. The minimum absolute atomic E-state index is 0.125. The average Bonchev–Trinajstić information content (AvgIpc) is 3.28. The number of benzene rings is 1. The molecule has 2 saturated carbocycles. The van der Waals surface area contributed by atoms with Crippen molar-refractivity contribution in [3.63, 3.8) is 0 Å². The maximum atomic E-state index is 12.6. The van der Waals surface area contributed by atoms with Gasteiger partial charge in [0.05, 0.1) is 18.8 Å². The van der Waals surface area contributed by atoms with E-state index in [1.165, 1.54) is 37.7 Å². The molecule has 34 heavy (non-hydrogen) atoms. The second kappa shape index (κ2) is 12.1. The number of allylic oxidation sites excluding steroid dienone is 1. The van der Waals surface area contributed by atoms with E-state index in [-0.39, 0.29) is 23.2 Å². The number of hydrogen-bond acceptors (Lipinski definition) is 3. The first kappa shape index (κ1) is 27.4. The van der Waals surface area contributed by atoms with E-state index in [0.29, 0.717) is 30.6 Å². The molecule has 0 aromatic heterocycles. The van der Waals surface area contributed by atoms with Crippen molar-refractivity contribution >= 4 is 14.1 Å². The van der Waals surface area contributed by atoms with Gasteiger partial charge in [-0.2, -0.15) is 0 Å². The Balaban J connectivity index is 1.64. The van der Waals surface area contributed by atoms with Crippen LogP contribution in [0.15, 0.2) is 42.5 Å². The normalized spacial score (nSPS) is 26.0. The highest BCUT2D eigenvalue weighted by Crippen LogP contribution is 2.49.